The molecule has 2 aromatic rings. The number of aromatic nitrogens is 1. The molecule has 6 heterocycles. The minimum Gasteiger partial charge on any atom is -0.394 e. The number of likely N-dealkylation sites (N-methyl/N-ethyl adjacent to an activating group) is 1. The van der Waals surface area contributed by atoms with Crippen LogP contribution < -0.4 is 5.73 Å². The number of hydrazone groups is 1. The van der Waals surface area contributed by atoms with Crippen LogP contribution in [0.2, 0.25) is 5.21 Å². The highest BCUT2D eigenvalue weighted by Crippen LogP contribution is 2.50. The van der Waals surface area contributed by atoms with E-state index in [1.165, 1.54) is 11.3 Å². The van der Waals surface area contributed by atoms with Gasteiger partial charge in [0.2, 0.25) is 0 Å². The number of nitriles is 1. The Morgan fingerprint density at radius 1 is 1.17 bits per heavy atom. The molecule has 11 nitrogen and oxygen atoms in total. The van der Waals surface area contributed by atoms with Crippen LogP contribution in [0.1, 0.15) is 101 Å². The van der Waals surface area contributed by atoms with Gasteiger partial charge in [0.05, 0.1) is 56.7 Å². The van der Waals surface area contributed by atoms with E-state index in [2.05, 4.69) is 55.7 Å². The van der Waals surface area contributed by atoms with E-state index >= 15 is 0 Å². The molecule has 52 heavy (non-hydrogen) atoms. The number of hydrogen-bond acceptors (Lipinski definition) is 11. The van der Waals surface area contributed by atoms with E-state index in [0.717, 1.165) is 67.5 Å². The molecule has 0 amide bonds. The predicted molar refractivity (Wildman–Crippen MR) is 214 cm³/mol. The van der Waals surface area contributed by atoms with Crippen LogP contribution in [0.3, 0.4) is 0 Å². The molecule has 0 aliphatic carbocycles. The van der Waals surface area contributed by atoms with Gasteiger partial charge in [-0.15, -0.1) is 11.3 Å². The second kappa shape index (κ2) is 16.4. The highest BCUT2D eigenvalue weighted by molar-refractivity contribution is 7.16. The van der Waals surface area contributed by atoms with Crippen molar-refractivity contribution in [2.75, 3.05) is 32.4 Å². The molecule has 4 atom stereocenters. The fourth-order valence-electron chi connectivity index (χ4n) is 7.95. The first kappa shape index (κ1) is 39.9. The van der Waals surface area contributed by atoms with Gasteiger partial charge >= 0.3 is 0 Å². The molecular weight excluding hydrogens is 667 g/mol. The third-order valence-corrected chi connectivity index (χ3v) is 11.9. The van der Waals surface area contributed by atoms with Crippen molar-refractivity contribution in [1.82, 2.24) is 20.0 Å². The lowest BCUT2D eigenvalue weighted by Gasteiger charge is -2.52. The van der Waals surface area contributed by atoms with Gasteiger partial charge < -0.3 is 25.2 Å². The lowest BCUT2D eigenvalue weighted by Crippen LogP contribution is -2.59. The maximum absolute atomic E-state index is 12.1. The number of amidine groups is 1. The maximum atomic E-state index is 12.1. The molecule has 2 fully saturated rings. The van der Waals surface area contributed by atoms with E-state index in [9.17, 15) is 10.4 Å². The standard InChI is InChI=1S/C35H46B3N9O2S.C2H6/c1-6-8-12-22-24(44-49-29(22)27-23(16-39)31(40)50-25(27)10-7-2)17-42-33-28-30(43-47(33)19-21-11-9-15-45(21)5)35(38,48)34(36,37)26-14-13-20(3)18-46(26)32(28)41-4;1-2/h20-21,26,48H,4,6-15,17-19,40H2,1-3,5H3;1-2H3/t20?,21?,26-,35?;/m1./s1. The number of nitrogens with zero attached hydrogens (tertiary/aromatic N) is 8. The second-order valence-corrected chi connectivity index (χ2v) is 15.5. The molecule has 0 bridgehead atoms. The number of hydrogen-bond donors (Lipinski definition) is 2. The van der Waals surface area contributed by atoms with Gasteiger partial charge in [-0.25, -0.2) is 10.0 Å². The van der Waals surface area contributed by atoms with E-state index in [1.807, 2.05) is 23.8 Å². The number of thiophene rings is 1. The van der Waals surface area contributed by atoms with Gasteiger partial charge in [-0.05, 0) is 71.2 Å². The lowest BCUT2D eigenvalue weighted by atomic mass is 9.36. The fourth-order valence-corrected chi connectivity index (χ4v) is 9.07. The molecule has 0 spiro atoms. The average molecular weight is 719 g/mol. The van der Waals surface area contributed by atoms with Crippen molar-refractivity contribution < 1.29 is 9.63 Å². The zero-order valence-electron chi connectivity index (χ0n) is 31.8. The third-order valence-electron chi connectivity index (χ3n) is 10.9. The number of anilines is 1. The molecule has 4 aliphatic heterocycles. The number of fused-ring (bicyclic) bond motifs is 2. The lowest BCUT2D eigenvalue weighted by molar-refractivity contribution is 0.0814. The summed E-state index contributed by atoms with van der Waals surface area (Å²) in [5.74, 6) is 1.91. The summed E-state index contributed by atoms with van der Waals surface area (Å²) in [5.41, 5.74) is 7.46. The Hall–Kier alpha value is -3.34. The summed E-state index contributed by atoms with van der Waals surface area (Å²) >= 11 is 1.43. The molecule has 272 valence electrons. The minimum atomic E-state index is -2.20. The predicted octanol–water partition coefficient (Wildman–Crippen LogP) is 5.18. The van der Waals surface area contributed by atoms with Crippen molar-refractivity contribution in [3.05, 3.63) is 33.1 Å². The first-order valence-corrected chi connectivity index (χ1v) is 19.7. The zero-order chi connectivity index (χ0) is 38.0. The highest BCUT2D eigenvalue weighted by Gasteiger charge is 2.56. The number of piperidine rings is 1. The van der Waals surface area contributed by atoms with Crippen molar-refractivity contribution in [1.29, 1.82) is 5.26 Å². The van der Waals surface area contributed by atoms with Gasteiger partial charge in [-0.1, -0.05) is 57.8 Å². The fraction of sp³-hybridized carbons (Fsp3) is 0.649. The summed E-state index contributed by atoms with van der Waals surface area (Å²) < 4.78 is 6.09. The van der Waals surface area contributed by atoms with Gasteiger partial charge in [0.1, 0.15) is 30.4 Å². The number of likely N-dealkylation sites (tertiary alicyclic amines) is 1. The Morgan fingerprint density at radius 2 is 1.92 bits per heavy atom. The number of aliphatic hydroxyl groups is 1. The van der Waals surface area contributed by atoms with Gasteiger partial charge in [-0.3, -0.25) is 4.99 Å². The van der Waals surface area contributed by atoms with Crippen molar-refractivity contribution in [2.24, 2.45) is 21.0 Å². The van der Waals surface area contributed by atoms with Crippen molar-refractivity contribution in [3.8, 4) is 17.4 Å². The highest BCUT2D eigenvalue weighted by atomic mass is 32.1. The number of nitrogen functional groups attached to an aromatic ring is 1. The number of aryl methyl sites for hydroxylation is 1. The van der Waals surface area contributed by atoms with Crippen LogP contribution in [0.15, 0.2) is 31.0 Å². The van der Waals surface area contributed by atoms with E-state index in [-0.39, 0.29) is 18.3 Å². The van der Waals surface area contributed by atoms with Crippen LogP contribution in [0.4, 0.5) is 5.00 Å². The van der Waals surface area contributed by atoms with Crippen LogP contribution in [-0.4, -0.2) is 111 Å². The van der Waals surface area contributed by atoms with Crippen LogP contribution in [0.25, 0.3) is 11.3 Å². The topological polar surface area (TPSA) is 143 Å². The van der Waals surface area contributed by atoms with Crippen LogP contribution in [-0.2, 0) is 19.4 Å². The smallest absolute Gasteiger partial charge is 0.172 e. The molecule has 3 unspecified atom stereocenters. The van der Waals surface area contributed by atoms with Gasteiger partial charge in [0.15, 0.2) is 11.6 Å². The molecule has 2 aromatic heterocycles. The molecule has 0 saturated carbocycles. The Kier molecular flexibility index (Phi) is 12.5. The molecule has 6 radical (unpaired) electrons. The molecular formula is C37H52B3N9O2S. The summed E-state index contributed by atoms with van der Waals surface area (Å²) in [6.45, 7) is 16.6. The Morgan fingerprint density at radius 3 is 2.56 bits per heavy atom. The van der Waals surface area contributed by atoms with Gasteiger partial charge in [0.25, 0.3) is 0 Å². The summed E-state index contributed by atoms with van der Waals surface area (Å²) in [5, 5.41) is 32.3. The Labute approximate surface area is 317 Å². The quantitative estimate of drug-likeness (QED) is 0.239. The summed E-state index contributed by atoms with van der Waals surface area (Å²) in [6, 6.07) is 2.00. The number of aliphatic imine (C=N–C) groups is 2. The number of rotatable bonds is 11. The minimum absolute atomic E-state index is 0.134. The van der Waals surface area contributed by atoms with Crippen molar-refractivity contribution in [2.45, 2.75) is 122 Å². The van der Waals surface area contributed by atoms with Crippen LogP contribution in [0, 0.1) is 17.2 Å². The largest absolute Gasteiger partial charge is 0.394 e. The Bertz CT molecular complexity index is 1760. The van der Waals surface area contributed by atoms with Gasteiger partial charge in [0, 0.05) is 29.1 Å². The molecule has 2 saturated heterocycles. The van der Waals surface area contributed by atoms with Crippen molar-refractivity contribution >= 4 is 58.1 Å². The molecule has 3 N–H and O–H groups in total. The summed E-state index contributed by atoms with van der Waals surface area (Å²) in [6.07, 6.45) is 7.79. The summed E-state index contributed by atoms with van der Waals surface area (Å²) in [7, 11) is 22.5. The van der Waals surface area contributed by atoms with E-state index in [1.54, 1.807) is 0 Å². The Balaban J connectivity index is 0.00000257. The zero-order valence-corrected chi connectivity index (χ0v) is 32.6. The molecule has 15 heteroatoms. The van der Waals surface area contributed by atoms with E-state index < -0.39 is 16.8 Å². The second-order valence-electron chi connectivity index (χ2n) is 14.4. The maximum Gasteiger partial charge on any atom is 0.172 e. The monoisotopic (exact) mass is 719 g/mol. The van der Waals surface area contributed by atoms with E-state index in [0.29, 0.717) is 71.1 Å². The first-order chi connectivity index (χ1) is 24.9. The van der Waals surface area contributed by atoms with Crippen LogP contribution >= 0.6 is 11.3 Å². The normalized spacial score (nSPS) is 26.4. The average Bonchev–Trinajstić information content (AvgIpc) is 3.88. The molecule has 4 aliphatic rings. The molecule has 0 aromatic carbocycles. The van der Waals surface area contributed by atoms with E-state index in [4.69, 9.17) is 43.9 Å². The SMILES string of the molecule is CC.[B]C1(O)C2=NN(CC3CCCN3C)C(=NCc3noc(-c4c(CCC)sc(N)c4C#N)c3CCCC)C2=C(N=C)N2CC(C)CC[C@@H]2C1([B])[B]. The summed E-state index contributed by atoms with van der Waals surface area (Å²) in [4.78, 5) is 15.1. The van der Waals surface area contributed by atoms with Crippen LogP contribution in [0.5, 0.6) is 0 Å². The number of unbranched alkanes of at least 4 members (excludes halogenated alkanes) is 1. The molecule has 6 rings (SSSR count). The van der Waals surface area contributed by atoms with Gasteiger partial charge in [-0.2, -0.15) is 10.4 Å². The third kappa shape index (κ3) is 7.03. The first-order valence-electron chi connectivity index (χ1n) is 18.9. The number of nitrogens with two attached hydrogens (primary N) is 1. The van der Waals surface area contributed by atoms with Crippen molar-refractivity contribution in [3.63, 3.8) is 0 Å².